The van der Waals surface area contributed by atoms with Crippen LogP contribution in [0.3, 0.4) is 0 Å². The van der Waals surface area contributed by atoms with Crippen LogP contribution < -0.4 is 5.32 Å². The Hall–Kier alpha value is -0.120. The van der Waals surface area contributed by atoms with Crippen LogP contribution in [0.4, 0.5) is 0 Å². The van der Waals surface area contributed by atoms with Crippen LogP contribution in [0.25, 0.3) is 0 Å². The molecule has 1 saturated carbocycles. The normalized spacial score (nSPS) is 27.6. The molecule has 2 unspecified atom stereocenters. The van der Waals surface area contributed by atoms with E-state index in [1.165, 1.54) is 64.7 Å². The quantitative estimate of drug-likeness (QED) is 0.773. The van der Waals surface area contributed by atoms with E-state index < -0.39 is 0 Å². The average Bonchev–Trinajstić information content (AvgIpc) is 2.40. The lowest BCUT2D eigenvalue weighted by molar-refractivity contribution is 0.0260. The third kappa shape index (κ3) is 3.96. The second kappa shape index (κ2) is 7.24. The Labute approximate surface area is 126 Å². The van der Waals surface area contributed by atoms with Gasteiger partial charge in [-0.1, -0.05) is 6.92 Å². The molecule has 0 aromatic rings. The summed E-state index contributed by atoms with van der Waals surface area (Å²) < 4.78 is 0. The molecule has 0 amide bonds. The van der Waals surface area contributed by atoms with E-state index in [1.807, 2.05) is 0 Å². The van der Waals surface area contributed by atoms with Gasteiger partial charge < -0.3 is 15.1 Å². The van der Waals surface area contributed by atoms with Crippen molar-refractivity contribution in [1.29, 1.82) is 0 Å². The molecule has 1 heterocycles. The smallest absolute Gasteiger partial charge is 0.0330 e. The van der Waals surface area contributed by atoms with Gasteiger partial charge in [-0.3, -0.25) is 0 Å². The number of nitrogens with zero attached hydrogens (tertiary/aromatic N) is 2. The van der Waals surface area contributed by atoms with Crippen LogP contribution in [0.1, 0.15) is 45.4 Å². The fourth-order valence-corrected chi connectivity index (χ4v) is 3.94. The first kappa shape index (κ1) is 16.3. The minimum absolute atomic E-state index is 0.477. The molecule has 0 spiro atoms. The van der Waals surface area contributed by atoms with Crippen molar-refractivity contribution < 1.29 is 0 Å². The molecule has 2 fully saturated rings. The third-order valence-electron chi connectivity index (χ3n) is 5.90. The molecule has 1 N–H and O–H groups in total. The Kier molecular flexibility index (Phi) is 5.88. The summed E-state index contributed by atoms with van der Waals surface area (Å²) in [4.78, 5) is 5.04. The zero-order valence-electron chi connectivity index (χ0n) is 14.1. The Balaban J connectivity index is 1.70. The molecule has 0 bridgehead atoms. The van der Waals surface area contributed by atoms with Crippen LogP contribution in [-0.2, 0) is 0 Å². The van der Waals surface area contributed by atoms with Gasteiger partial charge in [-0.05, 0) is 91.1 Å². The lowest BCUT2D eigenvalue weighted by Crippen LogP contribution is -2.56. The predicted octanol–water partition coefficient (Wildman–Crippen LogP) is 2.43. The molecule has 0 radical (unpaired) electrons. The average molecular weight is 281 g/mol. The van der Waals surface area contributed by atoms with Crippen molar-refractivity contribution in [1.82, 2.24) is 15.1 Å². The summed E-state index contributed by atoms with van der Waals surface area (Å²) in [6.07, 6.45) is 8.33. The van der Waals surface area contributed by atoms with Crippen molar-refractivity contribution in [3.8, 4) is 0 Å². The van der Waals surface area contributed by atoms with Crippen molar-refractivity contribution >= 4 is 0 Å². The molecule has 0 aromatic heterocycles. The molecule has 20 heavy (non-hydrogen) atoms. The maximum Gasteiger partial charge on any atom is 0.0330 e. The van der Waals surface area contributed by atoms with Crippen LogP contribution in [0.15, 0.2) is 0 Å². The van der Waals surface area contributed by atoms with Crippen molar-refractivity contribution in [2.75, 3.05) is 47.3 Å². The first-order valence-corrected chi connectivity index (χ1v) is 8.60. The van der Waals surface area contributed by atoms with Crippen molar-refractivity contribution in [2.24, 2.45) is 11.8 Å². The molecule has 1 saturated heterocycles. The SMILES string of the molecule is CC(CCN(C)CC1(N(C)C)CCC1)C1CCCNC1. The summed E-state index contributed by atoms with van der Waals surface area (Å²) in [6.45, 7) is 7.43. The van der Waals surface area contributed by atoms with Crippen LogP contribution in [-0.4, -0.2) is 62.7 Å². The molecule has 3 nitrogen and oxygen atoms in total. The Bertz CT molecular complexity index is 280. The molecule has 1 aliphatic carbocycles. The monoisotopic (exact) mass is 281 g/mol. The second-order valence-corrected chi connectivity index (χ2v) is 7.58. The fourth-order valence-electron chi connectivity index (χ4n) is 3.94. The zero-order chi connectivity index (χ0) is 14.6. The number of hydrogen-bond donors (Lipinski definition) is 1. The van der Waals surface area contributed by atoms with Gasteiger partial charge in [0.15, 0.2) is 0 Å². The van der Waals surface area contributed by atoms with Crippen LogP contribution in [0, 0.1) is 11.8 Å². The van der Waals surface area contributed by atoms with Crippen LogP contribution >= 0.6 is 0 Å². The maximum atomic E-state index is 3.55. The first-order valence-electron chi connectivity index (χ1n) is 8.60. The Morgan fingerprint density at radius 3 is 2.45 bits per heavy atom. The zero-order valence-corrected chi connectivity index (χ0v) is 14.1. The van der Waals surface area contributed by atoms with E-state index >= 15 is 0 Å². The molecule has 2 rings (SSSR count). The second-order valence-electron chi connectivity index (χ2n) is 7.58. The molecule has 2 aliphatic rings. The van der Waals surface area contributed by atoms with Gasteiger partial charge in [-0.15, -0.1) is 0 Å². The summed E-state index contributed by atoms with van der Waals surface area (Å²) in [6, 6.07) is 0. The summed E-state index contributed by atoms with van der Waals surface area (Å²) in [5.41, 5.74) is 0.477. The van der Waals surface area contributed by atoms with Gasteiger partial charge in [0.25, 0.3) is 0 Å². The highest BCUT2D eigenvalue weighted by atomic mass is 15.2. The standard InChI is InChI=1S/C17H35N3/c1-15(16-7-5-11-18-13-16)8-12-20(4)14-17(19(2)3)9-6-10-17/h15-16,18H,5-14H2,1-4H3. The van der Waals surface area contributed by atoms with Gasteiger partial charge in [-0.25, -0.2) is 0 Å². The number of rotatable bonds is 7. The summed E-state index contributed by atoms with van der Waals surface area (Å²) in [5.74, 6) is 1.77. The van der Waals surface area contributed by atoms with E-state index in [-0.39, 0.29) is 0 Å². The van der Waals surface area contributed by atoms with E-state index in [4.69, 9.17) is 0 Å². The number of hydrogen-bond acceptors (Lipinski definition) is 3. The van der Waals surface area contributed by atoms with Gasteiger partial charge in [0.05, 0.1) is 0 Å². The lowest BCUT2D eigenvalue weighted by Gasteiger charge is -2.49. The topological polar surface area (TPSA) is 18.5 Å². The van der Waals surface area contributed by atoms with E-state index in [2.05, 4.69) is 43.2 Å². The fraction of sp³-hybridized carbons (Fsp3) is 1.00. The molecule has 0 aromatic carbocycles. The van der Waals surface area contributed by atoms with E-state index in [1.54, 1.807) is 0 Å². The molecule has 1 aliphatic heterocycles. The molecular formula is C17H35N3. The number of nitrogens with one attached hydrogen (secondary N) is 1. The van der Waals surface area contributed by atoms with Crippen molar-refractivity contribution in [3.05, 3.63) is 0 Å². The van der Waals surface area contributed by atoms with Gasteiger partial charge >= 0.3 is 0 Å². The Morgan fingerprint density at radius 2 is 1.95 bits per heavy atom. The van der Waals surface area contributed by atoms with Crippen LogP contribution in [0.5, 0.6) is 0 Å². The number of piperidine rings is 1. The summed E-state index contributed by atoms with van der Waals surface area (Å²) in [7, 11) is 6.82. The maximum absolute atomic E-state index is 3.55. The minimum atomic E-state index is 0.477. The van der Waals surface area contributed by atoms with Gasteiger partial charge in [0, 0.05) is 12.1 Å². The summed E-state index contributed by atoms with van der Waals surface area (Å²) in [5, 5.41) is 3.55. The highest BCUT2D eigenvalue weighted by molar-refractivity contribution is 4.97. The molecule has 2 atom stereocenters. The molecule has 118 valence electrons. The largest absolute Gasteiger partial charge is 0.316 e. The van der Waals surface area contributed by atoms with Gasteiger partial charge in [-0.2, -0.15) is 0 Å². The predicted molar refractivity (Wildman–Crippen MR) is 87.1 cm³/mol. The van der Waals surface area contributed by atoms with E-state index in [0.29, 0.717) is 5.54 Å². The molecular weight excluding hydrogens is 246 g/mol. The summed E-state index contributed by atoms with van der Waals surface area (Å²) >= 11 is 0. The highest BCUT2D eigenvalue weighted by Gasteiger charge is 2.39. The number of likely N-dealkylation sites (N-methyl/N-ethyl adjacent to an activating group) is 2. The van der Waals surface area contributed by atoms with Crippen molar-refractivity contribution in [2.45, 2.75) is 51.0 Å². The van der Waals surface area contributed by atoms with Crippen molar-refractivity contribution in [3.63, 3.8) is 0 Å². The Morgan fingerprint density at radius 1 is 1.20 bits per heavy atom. The first-order chi connectivity index (χ1) is 9.53. The minimum Gasteiger partial charge on any atom is -0.316 e. The van der Waals surface area contributed by atoms with E-state index in [0.717, 1.165) is 11.8 Å². The van der Waals surface area contributed by atoms with Gasteiger partial charge in [0.2, 0.25) is 0 Å². The molecule has 3 heteroatoms. The van der Waals surface area contributed by atoms with E-state index in [9.17, 15) is 0 Å². The van der Waals surface area contributed by atoms with Gasteiger partial charge in [0.1, 0.15) is 0 Å². The third-order valence-corrected chi connectivity index (χ3v) is 5.90. The lowest BCUT2D eigenvalue weighted by atomic mass is 9.75. The van der Waals surface area contributed by atoms with Crippen LogP contribution in [0.2, 0.25) is 0 Å². The highest BCUT2D eigenvalue weighted by Crippen LogP contribution is 2.36.